The molecule has 6 heteroatoms. The lowest BCUT2D eigenvalue weighted by atomic mass is 9.61. The molecule has 0 heterocycles. The van der Waals surface area contributed by atoms with Crippen LogP contribution in [0.5, 0.6) is 0 Å². The molecule has 5 nitrogen and oxygen atoms in total. The highest BCUT2D eigenvalue weighted by Crippen LogP contribution is 2.46. The van der Waals surface area contributed by atoms with Crippen molar-refractivity contribution in [1.29, 1.82) is 0 Å². The number of nitrogens with zero attached hydrogens (tertiary/aromatic N) is 1. The minimum Gasteiger partial charge on any atom is -0.390 e. The Morgan fingerprint density at radius 1 is 1.35 bits per heavy atom. The monoisotopic (exact) mass is 443 g/mol. The maximum atomic E-state index is 13.3. The Bertz CT molecular complexity index is 847. The normalized spacial score (nSPS) is 30.9. The second kappa shape index (κ2) is 9.47. The summed E-state index contributed by atoms with van der Waals surface area (Å²) in [7, 11) is 0. The number of rotatable bonds is 7. The first-order chi connectivity index (χ1) is 14.6. The van der Waals surface area contributed by atoms with Crippen molar-refractivity contribution in [1.82, 2.24) is 10.0 Å². The van der Waals surface area contributed by atoms with Gasteiger partial charge < -0.3 is 10.4 Å². The number of hydrogen-bond donors (Lipinski definition) is 3. The first-order valence-electron chi connectivity index (χ1n) is 11.3. The summed E-state index contributed by atoms with van der Waals surface area (Å²) in [6.45, 7) is 13.7. The number of aliphatic imine (C=N–C) groups is 1. The average Bonchev–Trinajstić information content (AvgIpc) is 2.68. The molecule has 1 aromatic carbocycles. The summed E-state index contributed by atoms with van der Waals surface area (Å²) in [5, 5.41) is 14.0. The molecule has 2 aliphatic carbocycles. The molecule has 31 heavy (non-hydrogen) atoms. The average molecular weight is 444 g/mol. The van der Waals surface area contributed by atoms with Crippen molar-refractivity contribution in [2.75, 3.05) is 0 Å². The number of amides is 1. The fraction of sp³-hybridized carbons (Fsp3) is 0.600. The Morgan fingerprint density at radius 2 is 2.10 bits per heavy atom. The van der Waals surface area contributed by atoms with Gasteiger partial charge in [-0.1, -0.05) is 31.7 Å². The van der Waals surface area contributed by atoms with E-state index in [0.717, 1.165) is 41.8 Å². The number of nitrogens with one attached hydrogen (secondary N) is 2. The molecule has 2 aliphatic rings. The van der Waals surface area contributed by atoms with Crippen LogP contribution in [0.2, 0.25) is 0 Å². The van der Waals surface area contributed by atoms with Crippen molar-refractivity contribution in [3.8, 4) is 0 Å². The van der Waals surface area contributed by atoms with Crippen molar-refractivity contribution in [3.05, 3.63) is 30.3 Å². The first kappa shape index (κ1) is 24.0. The Kier molecular flexibility index (Phi) is 7.34. The van der Waals surface area contributed by atoms with Gasteiger partial charge in [-0.05, 0) is 89.1 Å². The molecule has 0 aliphatic heterocycles. The van der Waals surface area contributed by atoms with Crippen molar-refractivity contribution in [3.63, 3.8) is 0 Å². The predicted molar refractivity (Wildman–Crippen MR) is 131 cm³/mol. The molecular weight excluding hydrogens is 406 g/mol. The molecule has 3 N–H and O–H groups in total. The fourth-order valence-corrected chi connectivity index (χ4v) is 6.20. The summed E-state index contributed by atoms with van der Waals surface area (Å²) < 4.78 is 3.35. The third-order valence-electron chi connectivity index (χ3n) is 6.68. The lowest BCUT2D eigenvalue weighted by Gasteiger charge is -2.49. The van der Waals surface area contributed by atoms with Gasteiger partial charge in [0.2, 0.25) is 5.91 Å². The van der Waals surface area contributed by atoms with Gasteiger partial charge in [0, 0.05) is 22.7 Å². The quantitative estimate of drug-likeness (QED) is 0.404. The second-order valence-corrected chi connectivity index (χ2v) is 10.9. The Hall–Kier alpha value is -1.63. The van der Waals surface area contributed by atoms with E-state index in [1.807, 2.05) is 45.9 Å². The largest absolute Gasteiger partial charge is 0.390 e. The third-order valence-corrected chi connectivity index (χ3v) is 7.84. The smallest absolute Gasteiger partial charge is 0.240 e. The van der Waals surface area contributed by atoms with E-state index in [-0.39, 0.29) is 11.9 Å². The Labute approximate surface area is 191 Å². The lowest BCUT2D eigenvalue weighted by molar-refractivity contribution is -0.129. The van der Waals surface area contributed by atoms with Crippen LogP contribution in [0.3, 0.4) is 0 Å². The number of fused-ring (bicyclic) bond motifs is 2. The summed E-state index contributed by atoms with van der Waals surface area (Å²) in [5.41, 5.74) is 0.426. The van der Waals surface area contributed by atoms with Gasteiger partial charge in [0.15, 0.2) is 0 Å². The van der Waals surface area contributed by atoms with Crippen LogP contribution >= 0.6 is 11.9 Å². The van der Waals surface area contributed by atoms with E-state index in [9.17, 15) is 9.90 Å². The number of benzene rings is 1. The molecule has 5 unspecified atom stereocenters. The molecule has 2 bridgehead atoms. The molecule has 1 amide bonds. The van der Waals surface area contributed by atoms with Crippen LogP contribution in [0.1, 0.15) is 65.9 Å². The zero-order chi connectivity index (χ0) is 22.8. The topological polar surface area (TPSA) is 73.7 Å². The summed E-state index contributed by atoms with van der Waals surface area (Å²) in [4.78, 5) is 18.7. The summed E-state index contributed by atoms with van der Waals surface area (Å²) in [6.07, 6.45) is 7.36. The zero-order valence-electron chi connectivity index (χ0n) is 19.4. The molecule has 2 saturated carbocycles. The maximum Gasteiger partial charge on any atom is 0.240 e. The molecule has 0 spiro atoms. The molecular formula is C25H37N3O2S. The number of carbonyl (C=O) groups is 1. The van der Waals surface area contributed by atoms with Crippen molar-refractivity contribution in [2.24, 2.45) is 22.7 Å². The van der Waals surface area contributed by atoms with E-state index in [2.05, 4.69) is 28.5 Å². The van der Waals surface area contributed by atoms with Crippen LogP contribution in [-0.4, -0.2) is 34.4 Å². The highest BCUT2D eigenvalue weighted by Gasteiger charge is 2.46. The lowest BCUT2D eigenvalue weighted by Crippen LogP contribution is -2.59. The summed E-state index contributed by atoms with van der Waals surface area (Å²) in [5.74, 6) is 1.30. The second-order valence-electron chi connectivity index (χ2n) is 10.1. The summed E-state index contributed by atoms with van der Waals surface area (Å²) >= 11 is 1.42. The van der Waals surface area contributed by atoms with Crippen LogP contribution in [0.15, 0.2) is 34.7 Å². The molecule has 0 radical (unpaired) electrons. The van der Waals surface area contributed by atoms with Gasteiger partial charge in [-0.2, -0.15) is 0 Å². The standard InChI is InChI=1S/C25H37N3O2S/c1-7-18-10-9-11-20(22(18)26-8-2)31-28-24(4,5)23(29)27-21-16(3)12-17-13-19(21)15-25(6,30)14-17/h7-11,16-17,19,21,28,30H,1,12-15H2,2-6H3,(H,27,29). The Balaban J connectivity index is 1.68. The molecule has 2 fully saturated rings. The van der Waals surface area contributed by atoms with E-state index in [1.54, 1.807) is 12.3 Å². The Morgan fingerprint density at radius 3 is 2.77 bits per heavy atom. The number of aliphatic hydroxyl groups is 1. The van der Waals surface area contributed by atoms with Gasteiger partial charge in [0.05, 0.1) is 11.3 Å². The van der Waals surface area contributed by atoms with Gasteiger partial charge in [0.1, 0.15) is 5.54 Å². The highest BCUT2D eigenvalue weighted by molar-refractivity contribution is 7.97. The SMILES string of the molecule is C=Cc1cccc(SNC(C)(C)C(=O)NC2C(C)CC3CC2CC(C)(O)C3)c1N=CC. The predicted octanol–water partition coefficient (Wildman–Crippen LogP) is 5.12. The van der Waals surface area contributed by atoms with Gasteiger partial charge in [-0.25, -0.2) is 4.72 Å². The van der Waals surface area contributed by atoms with Gasteiger partial charge in [0.25, 0.3) is 0 Å². The molecule has 3 rings (SSSR count). The van der Waals surface area contributed by atoms with Crippen LogP contribution in [0.4, 0.5) is 5.69 Å². The number of carbonyl (C=O) groups excluding carboxylic acids is 1. The minimum atomic E-state index is -0.768. The third kappa shape index (κ3) is 5.60. The van der Waals surface area contributed by atoms with Crippen LogP contribution in [-0.2, 0) is 4.79 Å². The first-order valence-corrected chi connectivity index (χ1v) is 12.1. The van der Waals surface area contributed by atoms with Crippen molar-refractivity contribution >= 4 is 35.8 Å². The van der Waals surface area contributed by atoms with E-state index in [0.29, 0.717) is 17.8 Å². The van der Waals surface area contributed by atoms with E-state index < -0.39 is 11.1 Å². The molecule has 5 atom stereocenters. The maximum absolute atomic E-state index is 13.3. The van der Waals surface area contributed by atoms with E-state index in [4.69, 9.17) is 0 Å². The van der Waals surface area contributed by atoms with Crippen LogP contribution < -0.4 is 10.0 Å². The minimum absolute atomic E-state index is 0.0130. The number of para-hydroxylation sites is 1. The van der Waals surface area contributed by atoms with Gasteiger partial charge in [-0.3, -0.25) is 9.79 Å². The van der Waals surface area contributed by atoms with E-state index >= 15 is 0 Å². The van der Waals surface area contributed by atoms with Crippen molar-refractivity contribution in [2.45, 2.75) is 82.4 Å². The summed E-state index contributed by atoms with van der Waals surface area (Å²) in [6, 6.07) is 6.05. The molecule has 0 saturated heterocycles. The van der Waals surface area contributed by atoms with Crippen LogP contribution in [0, 0.1) is 17.8 Å². The molecule has 170 valence electrons. The highest BCUT2D eigenvalue weighted by atomic mass is 32.2. The van der Waals surface area contributed by atoms with Gasteiger partial charge in [-0.15, -0.1) is 0 Å². The van der Waals surface area contributed by atoms with Crippen LogP contribution in [0.25, 0.3) is 6.08 Å². The zero-order valence-corrected chi connectivity index (χ0v) is 20.3. The van der Waals surface area contributed by atoms with Gasteiger partial charge >= 0.3 is 0 Å². The number of hydrogen-bond acceptors (Lipinski definition) is 5. The molecule has 0 aromatic heterocycles. The fourth-order valence-electron chi connectivity index (χ4n) is 5.33. The van der Waals surface area contributed by atoms with Crippen molar-refractivity contribution < 1.29 is 9.90 Å². The van der Waals surface area contributed by atoms with E-state index in [1.165, 1.54) is 11.9 Å². The molecule has 1 aromatic rings.